The van der Waals surface area contributed by atoms with Crippen LogP contribution < -0.4 is 0 Å². The van der Waals surface area contributed by atoms with Gasteiger partial charge in [-0.15, -0.1) is 0 Å². The molecule has 8 aromatic rings. The molecule has 0 saturated carbocycles. The lowest BCUT2D eigenvalue weighted by atomic mass is 9.65. The number of rotatable bonds is 5. The largest absolute Gasteiger partial charge is 0.252 e. The highest BCUT2D eigenvalue weighted by atomic mass is 14.8. The molecule has 0 spiro atoms. The van der Waals surface area contributed by atoms with Gasteiger partial charge in [-0.05, 0) is 107 Å². The number of aliphatic imine (C=N–C) groups is 1. The number of allylic oxidation sites excluding steroid dienone is 1. The molecule has 1 heteroatoms. The first-order valence-electron chi connectivity index (χ1n) is 19.1. The summed E-state index contributed by atoms with van der Waals surface area (Å²) in [7, 11) is 0. The number of hydrogen-bond acceptors (Lipinski definition) is 1. The topological polar surface area (TPSA) is 12.4 Å². The maximum absolute atomic E-state index is 5.44. The summed E-state index contributed by atoms with van der Waals surface area (Å²) in [5, 5.41) is 7.65. The molecule has 0 saturated heterocycles. The Morgan fingerprint density at radius 2 is 1.22 bits per heavy atom. The van der Waals surface area contributed by atoms with E-state index in [9.17, 15) is 0 Å². The van der Waals surface area contributed by atoms with E-state index < -0.39 is 0 Å². The smallest absolute Gasteiger partial charge is 0.0678 e. The summed E-state index contributed by atoms with van der Waals surface area (Å²) in [6, 6.07) is 56.2. The van der Waals surface area contributed by atoms with Crippen LogP contribution in [0.1, 0.15) is 60.1 Å². The lowest BCUT2D eigenvalue weighted by Crippen LogP contribution is -2.35. The van der Waals surface area contributed by atoms with Crippen molar-refractivity contribution in [3.63, 3.8) is 0 Å². The van der Waals surface area contributed by atoms with Gasteiger partial charge in [0, 0.05) is 17.4 Å². The van der Waals surface area contributed by atoms with Gasteiger partial charge in [0.2, 0.25) is 0 Å². The zero-order valence-electron chi connectivity index (χ0n) is 31.0. The van der Waals surface area contributed by atoms with Gasteiger partial charge in [-0.3, -0.25) is 4.99 Å². The molecular weight excluding hydrogens is 651 g/mol. The van der Waals surface area contributed by atoms with Gasteiger partial charge in [0.1, 0.15) is 0 Å². The average molecular weight is 692 g/mol. The van der Waals surface area contributed by atoms with Crippen LogP contribution in [0.4, 0.5) is 5.69 Å². The van der Waals surface area contributed by atoms with Crippen molar-refractivity contribution >= 4 is 55.9 Å². The second kappa shape index (κ2) is 12.4. The molecule has 1 nitrogen and oxygen atoms in total. The van der Waals surface area contributed by atoms with Gasteiger partial charge in [0.25, 0.3) is 0 Å². The average Bonchev–Trinajstić information content (AvgIpc) is 3.45. The predicted octanol–water partition coefficient (Wildman–Crippen LogP) is 14.3. The highest BCUT2D eigenvalue weighted by Crippen LogP contribution is 2.57. The van der Waals surface area contributed by atoms with E-state index in [-0.39, 0.29) is 17.3 Å². The third-order valence-corrected chi connectivity index (χ3v) is 12.3. The molecule has 2 aliphatic rings. The van der Waals surface area contributed by atoms with E-state index in [4.69, 9.17) is 4.99 Å². The van der Waals surface area contributed by atoms with Gasteiger partial charge in [-0.2, -0.15) is 0 Å². The number of nitrogens with zero attached hydrogens (tertiary/aromatic N) is 1. The number of benzene rings is 8. The molecule has 8 aromatic carbocycles. The van der Waals surface area contributed by atoms with Crippen LogP contribution in [0.3, 0.4) is 0 Å². The standard InChI is InChI=1S/C53H41N/c1-5-15-33-28-31-48-50(37(33)6-2)49(51-52(54-48)45-22-13-14-23-47(45)53(51,3)4)35-26-24-34(25-27-35)39-29-30-44(42-20-11-9-19-41(39)42)46-32-36-16-7-8-17-38(36)40-18-10-12-21-43(40)46/h5-32,49,51H,2H2,1,3-4H3/b15-5-. The van der Waals surface area contributed by atoms with Crippen molar-refractivity contribution in [2.75, 3.05) is 0 Å². The number of hydrogen-bond donors (Lipinski definition) is 0. The minimum atomic E-state index is -0.107. The van der Waals surface area contributed by atoms with Crippen molar-refractivity contribution in [2.24, 2.45) is 10.9 Å². The Morgan fingerprint density at radius 3 is 1.96 bits per heavy atom. The van der Waals surface area contributed by atoms with Crippen LogP contribution in [-0.4, -0.2) is 5.71 Å². The normalized spacial score (nSPS) is 17.1. The molecule has 1 heterocycles. The quantitative estimate of drug-likeness (QED) is 0.159. The van der Waals surface area contributed by atoms with Crippen LogP contribution in [0.2, 0.25) is 0 Å². The Balaban J connectivity index is 1.13. The van der Waals surface area contributed by atoms with E-state index in [1.807, 2.05) is 6.08 Å². The van der Waals surface area contributed by atoms with Gasteiger partial charge < -0.3 is 0 Å². The zero-order chi connectivity index (χ0) is 36.6. The molecule has 0 bridgehead atoms. The predicted molar refractivity (Wildman–Crippen MR) is 232 cm³/mol. The van der Waals surface area contributed by atoms with E-state index in [1.165, 1.54) is 93.7 Å². The van der Waals surface area contributed by atoms with E-state index in [0.717, 1.165) is 5.69 Å². The van der Waals surface area contributed by atoms with Crippen molar-refractivity contribution in [2.45, 2.75) is 32.1 Å². The van der Waals surface area contributed by atoms with Crippen molar-refractivity contribution < 1.29 is 0 Å². The summed E-state index contributed by atoms with van der Waals surface area (Å²) in [6.07, 6.45) is 6.35. The molecular formula is C53H41N. The van der Waals surface area contributed by atoms with Crippen LogP contribution in [0.15, 0.2) is 169 Å². The van der Waals surface area contributed by atoms with Crippen LogP contribution in [0.25, 0.3) is 66.7 Å². The molecule has 258 valence electrons. The third kappa shape index (κ3) is 4.74. The van der Waals surface area contributed by atoms with Gasteiger partial charge in [0.15, 0.2) is 0 Å². The molecule has 1 aliphatic heterocycles. The minimum Gasteiger partial charge on any atom is -0.252 e. The molecule has 0 radical (unpaired) electrons. The van der Waals surface area contributed by atoms with Crippen molar-refractivity contribution in [1.29, 1.82) is 0 Å². The second-order valence-electron chi connectivity index (χ2n) is 15.4. The van der Waals surface area contributed by atoms with E-state index >= 15 is 0 Å². The minimum absolute atomic E-state index is 0.107. The fourth-order valence-corrected chi connectivity index (χ4v) is 9.86. The van der Waals surface area contributed by atoms with Crippen molar-refractivity contribution in [3.05, 3.63) is 198 Å². The molecule has 54 heavy (non-hydrogen) atoms. The van der Waals surface area contributed by atoms with Gasteiger partial charge in [-0.1, -0.05) is 178 Å². The molecule has 0 fully saturated rings. The van der Waals surface area contributed by atoms with E-state index in [2.05, 4.69) is 191 Å². The molecule has 1 aliphatic carbocycles. The molecule has 10 rings (SSSR count). The highest BCUT2D eigenvalue weighted by molar-refractivity contribution is 6.17. The first-order valence-corrected chi connectivity index (χ1v) is 19.1. The Kier molecular flexibility index (Phi) is 7.42. The SMILES string of the molecule is C=Cc1c(/C=C\C)ccc2c1C(c1ccc(-c3ccc(-c4cc5ccccc5c5ccccc45)c4ccccc34)cc1)C1C(=N2)c2ccccc2C1(C)C. The number of fused-ring (bicyclic) bond motifs is 8. The molecule has 2 unspecified atom stereocenters. The summed E-state index contributed by atoms with van der Waals surface area (Å²) in [5.41, 5.74) is 14.7. The van der Waals surface area contributed by atoms with Crippen LogP contribution in [0, 0.1) is 5.92 Å². The molecule has 2 atom stereocenters. The zero-order valence-corrected chi connectivity index (χ0v) is 31.0. The second-order valence-corrected chi connectivity index (χ2v) is 15.4. The maximum atomic E-state index is 5.44. The summed E-state index contributed by atoms with van der Waals surface area (Å²) < 4.78 is 0. The molecule has 0 N–H and O–H groups in total. The Morgan fingerprint density at radius 1 is 0.593 bits per heavy atom. The summed E-state index contributed by atoms with van der Waals surface area (Å²) in [6.45, 7) is 11.2. The first-order chi connectivity index (χ1) is 26.5. The lowest BCUT2D eigenvalue weighted by Gasteiger charge is -2.39. The fourth-order valence-electron chi connectivity index (χ4n) is 9.86. The van der Waals surface area contributed by atoms with Crippen molar-refractivity contribution in [1.82, 2.24) is 0 Å². The molecule has 0 aromatic heterocycles. The van der Waals surface area contributed by atoms with Gasteiger partial charge >= 0.3 is 0 Å². The summed E-state index contributed by atoms with van der Waals surface area (Å²) >= 11 is 0. The van der Waals surface area contributed by atoms with Crippen molar-refractivity contribution in [3.8, 4) is 22.3 Å². The third-order valence-electron chi connectivity index (χ3n) is 12.3. The lowest BCUT2D eigenvalue weighted by molar-refractivity contribution is 0.385. The van der Waals surface area contributed by atoms with Crippen LogP contribution in [-0.2, 0) is 5.41 Å². The van der Waals surface area contributed by atoms with E-state index in [1.54, 1.807) is 0 Å². The Labute approximate surface area is 317 Å². The highest BCUT2D eigenvalue weighted by Gasteiger charge is 2.51. The first kappa shape index (κ1) is 32.3. The van der Waals surface area contributed by atoms with Crippen LogP contribution >= 0.6 is 0 Å². The van der Waals surface area contributed by atoms with Crippen LogP contribution in [0.5, 0.6) is 0 Å². The Hall–Kier alpha value is -6.31. The summed E-state index contributed by atoms with van der Waals surface area (Å²) in [4.78, 5) is 5.44. The van der Waals surface area contributed by atoms with E-state index in [0.29, 0.717) is 0 Å². The summed E-state index contributed by atoms with van der Waals surface area (Å²) in [5.74, 6) is 0.298. The molecule has 0 amide bonds. The monoisotopic (exact) mass is 691 g/mol. The maximum Gasteiger partial charge on any atom is 0.0678 e. The van der Waals surface area contributed by atoms with Gasteiger partial charge in [-0.25, -0.2) is 0 Å². The fraction of sp³-hybridized carbons (Fsp3) is 0.113. The Bertz CT molecular complexity index is 2880. The van der Waals surface area contributed by atoms with Gasteiger partial charge in [0.05, 0.1) is 11.4 Å².